The van der Waals surface area contributed by atoms with Gasteiger partial charge in [-0.05, 0) is 24.5 Å². The average Bonchev–Trinajstić information content (AvgIpc) is 2.84. The van der Waals surface area contributed by atoms with Crippen molar-refractivity contribution < 1.29 is 14.5 Å². The highest BCUT2D eigenvalue weighted by Crippen LogP contribution is 2.28. The van der Waals surface area contributed by atoms with Crippen LogP contribution in [0.2, 0.25) is 0 Å². The van der Waals surface area contributed by atoms with Gasteiger partial charge in [0, 0.05) is 45.3 Å². The number of piperidine rings is 1. The molecule has 32 heavy (non-hydrogen) atoms. The molecule has 0 unspecified atom stereocenters. The zero-order chi connectivity index (χ0) is 22.3. The first-order valence-electron chi connectivity index (χ1n) is 11.2. The fourth-order valence-corrected chi connectivity index (χ4v) is 4.40. The summed E-state index contributed by atoms with van der Waals surface area (Å²) in [5, 5.41) is 11.3. The first-order chi connectivity index (χ1) is 15.6. The van der Waals surface area contributed by atoms with E-state index in [0.717, 1.165) is 25.9 Å². The van der Waals surface area contributed by atoms with Crippen LogP contribution in [-0.4, -0.2) is 72.5 Å². The lowest BCUT2D eigenvalue weighted by atomic mass is 10.1. The first-order valence-corrected chi connectivity index (χ1v) is 11.2. The van der Waals surface area contributed by atoms with Gasteiger partial charge in [-0.15, -0.1) is 0 Å². The number of carbonyl (C=O) groups excluding carboxylic acids is 1. The van der Waals surface area contributed by atoms with Crippen molar-refractivity contribution in [1.29, 1.82) is 0 Å². The van der Waals surface area contributed by atoms with Crippen LogP contribution in [0.25, 0.3) is 0 Å². The van der Waals surface area contributed by atoms with Gasteiger partial charge in [0.1, 0.15) is 5.69 Å². The number of likely N-dealkylation sites (tertiary alicyclic amines) is 1. The number of piperazine rings is 1. The van der Waals surface area contributed by atoms with Crippen LogP contribution in [0.4, 0.5) is 11.4 Å². The predicted octanol–water partition coefficient (Wildman–Crippen LogP) is 2.92. The third-order valence-corrected chi connectivity index (χ3v) is 6.27. The molecule has 0 saturated carbocycles. The fraction of sp³-hybridized carbons (Fsp3) is 0.458. The molecule has 2 heterocycles. The van der Waals surface area contributed by atoms with Crippen molar-refractivity contribution in [1.82, 2.24) is 9.80 Å². The molecule has 1 amide bonds. The summed E-state index contributed by atoms with van der Waals surface area (Å²) in [7, 11) is 0. The van der Waals surface area contributed by atoms with E-state index >= 15 is 0 Å². The van der Waals surface area contributed by atoms with Crippen LogP contribution >= 0.6 is 0 Å². The fourth-order valence-electron chi connectivity index (χ4n) is 4.40. The van der Waals surface area contributed by atoms with E-state index in [1.807, 2.05) is 34.1 Å². The number of rotatable bonds is 7. The highest BCUT2D eigenvalue weighted by Gasteiger charge is 2.27. The Bertz CT molecular complexity index is 907. The zero-order valence-corrected chi connectivity index (χ0v) is 18.3. The van der Waals surface area contributed by atoms with Crippen molar-refractivity contribution in [2.45, 2.75) is 25.6 Å². The Balaban J connectivity index is 1.19. The molecule has 2 saturated heterocycles. The van der Waals surface area contributed by atoms with Gasteiger partial charge in [-0.1, -0.05) is 42.5 Å². The van der Waals surface area contributed by atoms with Crippen LogP contribution in [0.1, 0.15) is 18.4 Å². The van der Waals surface area contributed by atoms with E-state index in [-0.39, 0.29) is 22.6 Å². The van der Waals surface area contributed by atoms with E-state index in [1.54, 1.807) is 12.1 Å². The maximum absolute atomic E-state index is 12.8. The SMILES string of the molecule is O=C(CN1CCC(OCc2ccccc2)CC1)N1CCN(c2ccccc2[N+](=O)[O-])CC1. The second kappa shape index (κ2) is 10.6. The minimum atomic E-state index is -0.347. The molecule has 2 aromatic rings. The molecule has 2 aliphatic heterocycles. The van der Waals surface area contributed by atoms with Crippen molar-refractivity contribution in [2.75, 3.05) is 50.7 Å². The maximum Gasteiger partial charge on any atom is 0.292 e. The molecular formula is C24H30N4O4. The predicted molar refractivity (Wildman–Crippen MR) is 123 cm³/mol. The van der Waals surface area contributed by atoms with Crippen molar-refractivity contribution in [2.24, 2.45) is 0 Å². The molecule has 2 fully saturated rings. The number of para-hydroxylation sites is 2. The summed E-state index contributed by atoms with van der Waals surface area (Å²) in [5.41, 5.74) is 1.93. The number of nitrogens with zero attached hydrogens (tertiary/aromatic N) is 4. The normalized spacial score (nSPS) is 18.0. The summed E-state index contributed by atoms with van der Waals surface area (Å²) >= 11 is 0. The number of hydrogen-bond acceptors (Lipinski definition) is 6. The molecule has 0 bridgehead atoms. The lowest BCUT2D eigenvalue weighted by Crippen LogP contribution is -2.52. The van der Waals surface area contributed by atoms with E-state index in [4.69, 9.17) is 4.74 Å². The summed E-state index contributed by atoms with van der Waals surface area (Å²) in [6.07, 6.45) is 2.11. The van der Waals surface area contributed by atoms with E-state index in [0.29, 0.717) is 45.0 Å². The van der Waals surface area contributed by atoms with Gasteiger partial charge in [-0.3, -0.25) is 19.8 Å². The lowest BCUT2D eigenvalue weighted by Gasteiger charge is -2.37. The van der Waals surface area contributed by atoms with Gasteiger partial charge in [-0.2, -0.15) is 0 Å². The van der Waals surface area contributed by atoms with Gasteiger partial charge >= 0.3 is 0 Å². The van der Waals surface area contributed by atoms with Gasteiger partial charge < -0.3 is 14.5 Å². The molecule has 170 valence electrons. The van der Waals surface area contributed by atoms with Crippen molar-refractivity contribution in [3.05, 3.63) is 70.3 Å². The Morgan fingerprint density at radius 2 is 1.59 bits per heavy atom. The summed E-state index contributed by atoms with van der Waals surface area (Å²) in [4.78, 5) is 29.8. The Hall–Kier alpha value is -2.97. The maximum atomic E-state index is 12.8. The molecule has 0 atom stereocenters. The second-order valence-corrected chi connectivity index (χ2v) is 8.39. The number of amides is 1. The van der Waals surface area contributed by atoms with E-state index in [2.05, 4.69) is 17.0 Å². The highest BCUT2D eigenvalue weighted by atomic mass is 16.6. The topological polar surface area (TPSA) is 79.2 Å². The van der Waals surface area contributed by atoms with Crippen LogP contribution in [0.5, 0.6) is 0 Å². The van der Waals surface area contributed by atoms with Crippen LogP contribution in [0, 0.1) is 10.1 Å². The molecule has 8 nitrogen and oxygen atoms in total. The van der Waals surface area contributed by atoms with Crippen molar-refractivity contribution >= 4 is 17.3 Å². The smallest absolute Gasteiger partial charge is 0.292 e. The number of hydrogen-bond donors (Lipinski definition) is 0. The third-order valence-electron chi connectivity index (χ3n) is 6.27. The van der Waals surface area contributed by atoms with Gasteiger partial charge in [-0.25, -0.2) is 0 Å². The number of anilines is 1. The minimum Gasteiger partial charge on any atom is -0.373 e. The number of ether oxygens (including phenoxy) is 1. The molecule has 0 N–H and O–H groups in total. The van der Waals surface area contributed by atoms with Gasteiger partial charge in [0.15, 0.2) is 0 Å². The molecule has 2 aliphatic rings. The molecule has 0 spiro atoms. The molecule has 0 aromatic heterocycles. The van der Waals surface area contributed by atoms with Gasteiger partial charge in [0.05, 0.1) is 24.2 Å². The standard InChI is InChI=1S/C24H30N4O4/c29-24(18-25-12-10-21(11-13-25)32-19-20-6-2-1-3-7-20)27-16-14-26(15-17-27)22-8-4-5-9-23(22)28(30)31/h1-9,21H,10-19H2. The average molecular weight is 439 g/mol. The van der Waals surface area contributed by atoms with Crippen molar-refractivity contribution in [3.63, 3.8) is 0 Å². The first kappa shape index (κ1) is 22.2. The molecule has 0 radical (unpaired) electrons. The molecule has 8 heteroatoms. The van der Waals surface area contributed by atoms with E-state index in [9.17, 15) is 14.9 Å². The summed E-state index contributed by atoms with van der Waals surface area (Å²) in [5.74, 6) is 0.135. The lowest BCUT2D eigenvalue weighted by molar-refractivity contribution is -0.384. The second-order valence-electron chi connectivity index (χ2n) is 8.39. The summed E-state index contributed by atoms with van der Waals surface area (Å²) in [6.45, 7) is 5.16. The van der Waals surface area contributed by atoms with E-state index < -0.39 is 0 Å². The van der Waals surface area contributed by atoms with Crippen molar-refractivity contribution in [3.8, 4) is 0 Å². The number of nitro groups is 1. The summed E-state index contributed by atoms with van der Waals surface area (Å²) < 4.78 is 6.04. The molecule has 2 aromatic carbocycles. The minimum absolute atomic E-state index is 0.115. The van der Waals surface area contributed by atoms with E-state index in [1.165, 1.54) is 11.6 Å². The number of nitro benzene ring substituents is 1. The molecule has 4 rings (SSSR count). The monoisotopic (exact) mass is 438 g/mol. The summed E-state index contributed by atoms with van der Waals surface area (Å²) in [6, 6.07) is 17.0. The third kappa shape index (κ3) is 5.63. The Kier molecular flexibility index (Phi) is 7.34. The zero-order valence-electron chi connectivity index (χ0n) is 18.3. The van der Waals surface area contributed by atoms with Crippen LogP contribution in [-0.2, 0) is 16.1 Å². The number of carbonyl (C=O) groups is 1. The molecule has 0 aliphatic carbocycles. The quantitative estimate of drug-likeness (QED) is 0.489. The molecular weight excluding hydrogens is 408 g/mol. The Morgan fingerprint density at radius 3 is 2.28 bits per heavy atom. The van der Waals surface area contributed by atoms with Crippen LogP contribution in [0.3, 0.4) is 0 Å². The van der Waals surface area contributed by atoms with Crippen LogP contribution in [0.15, 0.2) is 54.6 Å². The number of benzene rings is 2. The Labute approximate surface area is 188 Å². The van der Waals surface area contributed by atoms with Gasteiger partial charge in [0.25, 0.3) is 5.69 Å². The van der Waals surface area contributed by atoms with Crippen LogP contribution < -0.4 is 4.90 Å². The Morgan fingerprint density at radius 1 is 0.938 bits per heavy atom. The van der Waals surface area contributed by atoms with Gasteiger partial charge in [0.2, 0.25) is 5.91 Å². The largest absolute Gasteiger partial charge is 0.373 e. The highest BCUT2D eigenvalue weighted by molar-refractivity contribution is 5.78.